The average molecular weight is 400 g/mol. The van der Waals surface area contributed by atoms with E-state index in [1.807, 2.05) is 18.2 Å². The van der Waals surface area contributed by atoms with Crippen LogP contribution < -0.4 is 10.2 Å². The maximum absolute atomic E-state index is 12.2. The highest BCUT2D eigenvalue weighted by atomic mass is 16.3. The molecule has 3 rings (SSSR count). The zero-order valence-electron chi connectivity index (χ0n) is 16.5. The van der Waals surface area contributed by atoms with Crippen molar-refractivity contribution in [1.29, 1.82) is 5.26 Å². The van der Waals surface area contributed by atoms with Crippen LogP contribution in [0.25, 0.3) is 0 Å². The highest BCUT2D eigenvalue weighted by Gasteiger charge is 2.34. The lowest BCUT2D eigenvalue weighted by Gasteiger charge is -2.34. The Bertz CT molecular complexity index is 764. The van der Waals surface area contributed by atoms with Crippen molar-refractivity contribution in [2.75, 3.05) is 37.6 Å². The van der Waals surface area contributed by atoms with Gasteiger partial charge >= 0.3 is 0 Å². The number of rotatable bonds is 6. The maximum atomic E-state index is 12.2. The van der Waals surface area contributed by atoms with Crippen molar-refractivity contribution in [3.8, 4) is 6.07 Å². The molecule has 156 valence electrons. The Labute approximate surface area is 170 Å². The molecule has 2 amide bonds. The predicted molar refractivity (Wildman–Crippen MR) is 107 cm³/mol. The van der Waals surface area contributed by atoms with Gasteiger partial charge in [0.25, 0.3) is 11.8 Å². The minimum absolute atomic E-state index is 0.239. The van der Waals surface area contributed by atoms with E-state index < -0.39 is 24.0 Å². The lowest BCUT2D eigenvalue weighted by Crippen LogP contribution is -2.51. The number of nitrogens with one attached hydrogen (secondary N) is 1. The second-order valence-electron chi connectivity index (χ2n) is 7.73. The Kier molecular flexibility index (Phi) is 7.07. The van der Waals surface area contributed by atoms with E-state index in [0.717, 1.165) is 44.5 Å². The van der Waals surface area contributed by atoms with Gasteiger partial charge < -0.3 is 25.3 Å². The molecule has 2 fully saturated rings. The van der Waals surface area contributed by atoms with E-state index in [1.54, 1.807) is 6.07 Å². The topological polar surface area (TPSA) is 117 Å². The number of aliphatic hydroxyl groups is 2. The van der Waals surface area contributed by atoms with Crippen molar-refractivity contribution in [2.24, 2.45) is 5.92 Å². The van der Waals surface area contributed by atoms with Crippen LogP contribution in [0, 0.1) is 17.2 Å². The summed E-state index contributed by atoms with van der Waals surface area (Å²) in [6.45, 7) is 3.04. The second-order valence-corrected chi connectivity index (χ2v) is 7.73. The molecule has 2 aliphatic heterocycles. The van der Waals surface area contributed by atoms with E-state index in [0.29, 0.717) is 25.2 Å². The minimum atomic E-state index is -1.76. The van der Waals surface area contributed by atoms with Gasteiger partial charge in [-0.15, -0.1) is 0 Å². The molecule has 0 aliphatic carbocycles. The van der Waals surface area contributed by atoms with Gasteiger partial charge in [-0.2, -0.15) is 5.26 Å². The highest BCUT2D eigenvalue weighted by Crippen LogP contribution is 2.25. The molecule has 29 heavy (non-hydrogen) atoms. The fourth-order valence-electron chi connectivity index (χ4n) is 3.97. The smallest absolute Gasteiger partial charge is 0.254 e. The first-order chi connectivity index (χ1) is 14.0. The summed E-state index contributed by atoms with van der Waals surface area (Å²) in [5, 5.41) is 32.0. The number of anilines is 1. The number of carbonyl (C=O) groups excluding carboxylic acids is 2. The van der Waals surface area contributed by atoms with Crippen molar-refractivity contribution in [3.63, 3.8) is 0 Å². The van der Waals surface area contributed by atoms with E-state index >= 15 is 0 Å². The first kappa shape index (κ1) is 21.1. The zero-order chi connectivity index (χ0) is 20.8. The van der Waals surface area contributed by atoms with Crippen molar-refractivity contribution in [3.05, 3.63) is 29.8 Å². The van der Waals surface area contributed by atoms with Gasteiger partial charge in [0.1, 0.15) is 6.07 Å². The van der Waals surface area contributed by atoms with Crippen LogP contribution in [0.4, 0.5) is 5.69 Å². The number of amides is 2. The number of nitrogens with zero attached hydrogens (tertiary/aromatic N) is 3. The summed E-state index contributed by atoms with van der Waals surface area (Å²) in [5.74, 6) is -1.07. The summed E-state index contributed by atoms with van der Waals surface area (Å²) in [4.78, 5) is 28.0. The number of carbonyl (C=O) groups is 2. The Morgan fingerprint density at radius 3 is 2.41 bits per heavy atom. The minimum Gasteiger partial charge on any atom is -0.380 e. The van der Waals surface area contributed by atoms with Crippen LogP contribution >= 0.6 is 0 Å². The fraction of sp³-hybridized carbons (Fsp3) is 0.571. The summed E-state index contributed by atoms with van der Waals surface area (Å²) in [6, 6.07) is 9.72. The number of piperidine rings is 1. The Morgan fingerprint density at radius 1 is 1.10 bits per heavy atom. The number of hydrogen-bond donors (Lipinski definition) is 3. The second kappa shape index (κ2) is 9.72. The molecule has 8 heteroatoms. The number of aliphatic hydroxyl groups excluding tert-OH is 2. The molecule has 1 aromatic rings. The zero-order valence-corrected chi connectivity index (χ0v) is 16.5. The molecule has 8 nitrogen and oxygen atoms in total. The molecule has 0 saturated carbocycles. The van der Waals surface area contributed by atoms with Gasteiger partial charge in [-0.3, -0.25) is 9.59 Å². The summed E-state index contributed by atoms with van der Waals surface area (Å²) in [5.41, 5.74) is 1.58. The standard InChI is InChI=1S/C21H28N4O4/c22-13-16-5-1-2-6-17(16)24-11-7-15(8-12-24)14-23-20(28)18(26)19(27)21(29)25-9-3-4-10-25/h1-2,5-6,15,18-19,26-27H,3-4,7-12,14H2,(H,23,28)/t18-,19-/m1/s1. The van der Waals surface area contributed by atoms with Gasteiger partial charge in [-0.05, 0) is 43.7 Å². The molecule has 2 atom stereocenters. The fourth-order valence-corrected chi connectivity index (χ4v) is 3.97. The predicted octanol–water partition coefficient (Wildman–Crippen LogP) is 0.235. The molecule has 2 aliphatic rings. The van der Waals surface area contributed by atoms with Crippen molar-refractivity contribution in [2.45, 2.75) is 37.9 Å². The van der Waals surface area contributed by atoms with Gasteiger partial charge in [0.05, 0.1) is 11.3 Å². The molecule has 2 heterocycles. The third-order valence-corrected chi connectivity index (χ3v) is 5.78. The first-order valence-corrected chi connectivity index (χ1v) is 10.2. The number of para-hydroxylation sites is 1. The SMILES string of the molecule is N#Cc1ccccc1N1CCC(CNC(=O)[C@H](O)[C@@H](O)C(=O)N2CCCC2)CC1. The van der Waals surface area contributed by atoms with Crippen LogP contribution in [-0.4, -0.2) is 71.9 Å². The van der Waals surface area contributed by atoms with Crippen molar-refractivity contribution < 1.29 is 19.8 Å². The van der Waals surface area contributed by atoms with E-state index in [-0.39, 0.29) is 5.92 Å². The molecule has 1 aromatic carbocycles. The monoisotopic (exact) mass is 400 g/mol. The summed E-state index contributed by atoms with van der Waals surface area (Å²) < 4.78 is 0. The number of nitriles is 1. The molecule has 0 radical (unpaired) electrons. The largest absolute Gasteiger partial charge is 0.380 e. The molecular weight excluding hydrogens is 372 g/mol. The molecule has 0 spiro atoms. The number of hydrogen-bond acceptors (Lipinski definition) is 6. The molecule has 2 saturated heterocycles. The van der Waals surface area contributed by atoms with Crippen LogP contribution in [0.5, 0.6) is 0 Å². The Balaban J connectivity index is 1.44. The normalized spacial score (nSPS) is 19.5. The first-order valence-electron chi connectivity index (χ1n) is 10.2. The van der Waals surface area contributed by atoms with Crippen molar-refractivity contribution in [1.82, 2.24) is 10.2 Å². The quantitative estimate of drug-likeness (QED) is 0.630. The van der Waals surface area contributed by atoms with Crippen molar-refractivity contribution >= 4 is 17.5 Å². The Hall–Kier alpha value is -2.63. The Morgan fingerprint density at radius 2 is 1.76 bits per heavy atom. The van der Waals surface area contributed by atoms with Crippen LogP contribution in [0.3, 0.4) is 0 Å². The van der Waals surface area contributed by atoms with Crippen LogP contribution in [0.2, 0.25) is 0 Å². The highest BCUT2D eigenvalue weighted by molar-refractivity contribution is 5.90. The van der Waals surface area contributed by atoms with Crippen LogP contribution in [-0.2, 0) is 9.59 Å². The van der Waals surface area contributed by atoms with E-state index in [4.69, 9.17) is 0 Å². The van der Waals surface area contributed by atoms with Gasteiger partial charge in [0.2, 0.25) is 0 Å². The molecule has 0 aromatic heterocycles. The van der Waals surface area contributed by atoms with E-state index in [9.17, 15) is 25.1 Å². The number of benzene rings is 1. The molecule has 3 N–H and O–H groups in total. The number of likely N-dealkylation sites (tertiary alicyclic amines) is 1. The lowest BCUT2D eigenvalue weighted by molar-refractivity contribution is -0.152. The third-order valence-electron chi connectivity index (χ3n) is 5.78. The van der Waals surface area contributed by atoms with Gasteiger partial charge in [-0.1, -0.05) is 12.1 Å². The van der Waals surface area contributed by atoms with Gasteiger partial charge in [0, 0.05) is 32.7 Å². The summed E-state index contributed by atoms with van der Waals surface area (Å²) in [6.07, 6.45) is -0.0592. The van der Waals surface area contributed by atoms with E-state index in [2.05, 4.69) is 16.3 Å². The summed E-state index contributed by atoms with van der Waals surface area (Å²) >= 11 is 0. The van der Waals surface area contributed by atoms with Gasteiger partial charge in [-0.25, -0.2) is 0 Å². The molecular formula is C21H28N4O4. The van der Waals surface area contributed by atoms with Crippen LogP contribution in [0.1, 0.15) is 31.2 Å². The molecule has 0 unspecified atom stereocenters. The molecule has 0 bridgehead atoms. The summed E-state index contributed by atoms with van der Waals surface area (Å²) in [7, 11) is 0. The van der Waals surface area contributed by atoms with Crippen LogP contribution in [0.15, 0.2) is 24.3 Å². The van der Waals surface area contributed by atoms with E-state index in [1.165, 1.54) is 4.90 Å². The maximum Gasteiger partial charge on any atom is 0.254 e. The lowest BCUT2D eigenvalue weighted by atomic mass is 9.95. The third kappa shape index (κ3) is 5.05. The van der Waals surface area contributed by atoms with Gasteiger partial charge in [0.15, 0.2) is 12.2 Å². The average Bonchev–Trinajstić information content (AvgIpc) is 3.31.